The molecule has 1 aromatic rings. The third-order valence-corrected chi connectivity index (χ3v) is 3.68. The van der Waals surface area contributed by atoms with Crippen LogP contribution in [-0.2, 0) is 10.0 Å². The molecule has 18 heavy (non-hydrogen) atoms. The summed E-state index contributed by atoms with van der Waals surface area (Å²) in [5.41, 5.74) is 6.00. The van der Waals surface area contributed by atoms with Gasteiger partial charge in [0.25, 0.3) is 0 Å². The molecule has 0 radical (unpaired) electrons. The summed E-state index contributed by atoms with van der Waals surface area (Å²) in [6.07, 6.45) is 0.436. The Morgan fingerprint density at radius 3 is 2.72 bits per heavy atom. The van der Waals surface area contributed by atoms with Crippen LogP contribution >= 0.6 is 0 Å². The first-order valence-electron chi connectivity index (χ1n) is 5.20. The number of nitrogen functional groups attached to an aromatic ring is 1. The van der Waals surface area contributed by atoms with E-state index in [2.05, 4.69) is 16.6 Å². The Hall–Kier alpha value is -2.02. The van der Waals surface area contributed by atoms with Gasteiger partial charge in [-0.15, -0.1) is 11.8 Å². The average molecular weight is 263 g/mol. The highest BCUT2D eigenvalue weighted by Gasteiger charge is 2.16. The number of sulfonamides is 1. The number of benzene rings is 1. The summed E-state index contributed by atoms with van der Waals surface area (Å²) in [5.74, 6) is 5.43. The Labute approximate surface area is 107 Å². The average Bonchev–Trinajstić information content (AvgIpc) is 2.34. The van der Waals surface area contributed by atoms with Gasteiger partial charge in [0.2, 0.25) is 10.0 Å². The van der Waals surface area contributed by atoms with Gasteiger partial charge in [0.15, 0.2) is 0 Å². The zero-order chi connectivity index (χ0) is 13.6. The minimum absolute atomic E-state index is 0.0223. The molecule has 0 aliphatic heterocycles. The first-order chi connectivity index (χ1) is 8.51. The predicted octanol–water partition coefficient (Wildman–Crippen LogP) is 0.832. The fourth-order valence-corrected chi connectivity index (χ4v) is 2.46. The molecule has 0 bridgehead atoms. The second-order valence-electron chi connectivity index (χ2n) is 3.44. The standard InChI is InChI=1S/C12H13N3O2S/c1-2-3-4-7-15-18(16,17)12-6-5-10(9-13)8-11(12)14/h5-6,8,15H,4,7,14H2,1H3. The number of nitrogens with one attached hydrogen (secondary N) is 1. The molecule has 0 atom stereocenters. The van der Waals surface area contributed by atoms with E-state index in [9.17, 15) is 8.42 Å². The fourth-order valence-electron chi connectivity index (χ4n) is 1.31. The van der Waals surface area contributed by atoms with Crippen molar-refractivity contribution in [2.75, 3.05) is 12.3 Å². The zero-order valence-corrected chi connectivity index (χ0v) is 10.7. The van der Waals surface area contributed by atoms with Crippen molar-refractivity contribution in [3.63, 3.8) is 0 Å². The van der Waals surface area contributed by atoms with Crippen molar-refractivity contribution in [2.24, 2.45) is 0 Å². The van der Waals surface area contributed by atoms with E-state index in [1.54, 1.807) is 6.92 Å². The molecule has 0 fully saturated rings. The lowest BCUT2D eigenvalue weighted by molar-refractivity contribution is 0.583. The van der Waals surface area contributed by atoms with Crippen LogP contribution in [0.3, 0.4) is 0 Å². The topological polar surface area (TPSA) is 96.0 Å². The Kier molecular flexibility index (Phi) is 4.73. The van der Waals surface area contributed by atoms with Gasteiger partial charge in [0, 0.05) is 13.0 Å². The smallest absolute Gasteiger partial charge is 0.242 e. The SMILES string of the molecule is CC#CCCNS(=O)(=O)c1ccc(C#N)cc1N. The minimum atomic E-state index is -3.65. The van der Waals surface area contributed by atoms with Crippen LogP contribution in [0.15, 0.2) is 23.1 Å². The predicted molar refractivity (Wildman–Crippen MR) is 68.8 cm³/mol. The molecule has 0 spiro atoms. The Balaban J connectivity index is 2.91. The molecule has 0 heterocycles. The van der Waals surface area contributed by atoms with Crippen molar-refractivity contribution in [1.82, 2.24) is 4.72 Å². The normalized spacial score (nSPS) is 10.2. The number of nitrogens with zero attached hydrogens (tertiary/aromatic N) is 1. The molecule has 1 aromatic carbocycles. The van der Waals surface area contributed by atoms with Crippen molar-refractivity contribution < 1.29 is 8.42 Å². The number of nitrogens with two attached hydrogens (primary N) is 1. The van der Waals surface area contributed by atoms with Crippen LogP contribution in [0.2, 0.25) is 0 Å². The second-order valence-corrected chi connectivity index (χ2v) is 5.17. The number of rotatable bonds is 4. The van der Waals surface area contributed by atoms with Crippen molar-refractivity contribution in [3.05, 3.63) is 23.8 Å². The molecular formula is C12H13N3O2S. The molecule has 0 aliphatic carbocycles. The van der Waals surface area contributed by atoms with E-state index in [1.807, 2.05) is 6.07 Å². The molecule has 5 nitrogen and oxygen atoms in total. The summed E-state index contributed by atoms with van der Waals surface area (Å²) in [5, 5.41) is 8.67. The monoisotopic (exact) mass is 263 g/mol. The summed E-state index contributed by atoms with van der Waals surface area (Å²) >= 11 is 0. The van der Waals surface area contributed by atoms with Crippen molar-refractivity contribution in [2.45, 2.75) is 18.2 Å². The Bertz CT molecular complexity index is 634. The number of nitriles is 1. The van der Waals surface area contributed by atoms with Crippen LogP contribution in [-0.4, -0.2) is 15.0 Å². The molecule has 94 valence electrons. The first kappa shape index (κ1) is 14.0. The fraction of sp³-hybridized carbons (Fsp3) is 0.250. The minimum Gasteiger partial charge on any atom is -0.398 e. The van der Waals surface area contributed by atoms with E-state index in [-0.39, 0.29) is 17.1 Å². The van der Waals surface area contributed by atoms with Gasteiger partial charge in [-0.3, -0.25) is 0 Å². The largest absolute Gasteiger partial charge is 0.398 e. The van der Waals surface area contributed by atoms with E-state index < -0.39 is 10.0 Å². The third kappa shape index (κ3) is 3.49. The summed E-state index contributed by atoms with van der Waals surface area (Å²) < 4.78 is 26.2. The quantitative estimate of drug-likeness (QED) is 0.478. The van der Waals surface area contributed by atoms with Gasteiger partial charge >= 0.3 is 0 Å². The molecule has 0 saturated carbocycles. The molecule has 6 heteroatoms. The van der Waals surface area contributed by atoms with Gasteiger partial charge in [-0.1, -0.05) is 0 Å². The highest BCUT2D eigenvalue weighted by atomic mass is 32.2. The number of hydrogen-bond donors (Lipinski definition) is 2. The van der Waals surface area contributed by atoms with Crippen molar-refractivity contribution >= 4 is 15.7 Å². The highest BCUT2D eigenvalue weighted by molar-refractivity contribution is 7.89. The molecule has 0 saturated heterocycles. The zero-order valence-electron chi connectivity index (χ0n) is 9.90. The molecular weight excluding hydrogens is 250 g/mol. The summed E-state index contributed by atoms with van der Waals surface area (Å²) in [6, 6.07) is 5.96. The molecule has 3 N–H and O–H groups in total. The Morgan fingerprint density at radius 2 is 2.17 bits per heavy atom. The van der Waals surface area contributed by atoms with Gasteiger partial charge in [0.1, 0.15) is 4.90 Å². The third-order valence-electron chi connectivity index (χ3n) is 2.15. The maximum Gasteiger partial charge on any atom is 0.242 e. The summed E-state index contributed by atoms with van der Waals surface area (Å²) in [7, 11) is -3.65. The maximum atomic E-state index is 11.9. The van der Waals surface area contributed by atoms with E-state index in [0.717, 1.165) is 0 Å². The van der Waals surface area contributed by atoms with Gasteiger partial charge in [-0.2, -0.15) is 5.26 Å². The lowest BCUT2D eigenvalue weighted by Gasteiger charge is -2.08. The van der Waals surface area contributed by atoms with Crippen LogP contribution in [0.4, 0.5) is 5.69 Å². The van der Waals surface area contributed by atoms with E-state index in [1.165, 1.54) is 18.2 Å². The molecule has 1 rings (SSSR count). The number of hydrogen-bond acceptors (Lipinski definition) is 4. The van der Waals surface area contributed by atoms with E-state index >= 15 is 0 Å². The molecule has 0 unspecified atom stereocenters. The van der Waals surface area contributed by atoms with E-state index in [4.69, 9.17) is 11.0 Å². The van der Waals surface area contributed by atoms with Gasteiger partial charge in [-0.25, -0.2) is 13.1 Å². The lowest BCUT2D eigenvalue weighted by Crippen LogP contribution is -2.25. The molecule has 0 amide bonds. The second kappa shape index (κ2) is 6.06. The first-order valence-corrected chi connectivity index (χ1v) is 6.68. The van der Waals surface area contributed by atoms with Gasteiger partial charge in [-0.05, 0) is 25.1 Å². The summed E-state index contributed by atoms with van der Waals surface area (Å²) in [6.45, 7) is 1.91. The lowest BCUT2D eigenvalue weighted by atomic mass is 10.2. The maximum absolute atomic E-state index is 11.9. The van der Waals surface area contributed by atoms with Crippen LogP contribution in [0.1, 0.15) is 18.9 Å². The van der Waals surface area contributed by atoms with Crippen LogP contribution < -0.4 is 10.5 Å². The van der Waals surface area contributed by atoms with E-state index in [0.29, 0.717) is 12.0 Å². The van der Waals surface area contributed by atoms with Crippen LogP contribution in [0.25, 0.3) is 0 Å². The van der Waals surface area contributed by atoms with Crippen LogP contribution in [0, 0.1) is 23.2 Å². The Morgan fingerprint density at radius 1 is 1.44 bits per heavy atom. The summed E-state index contributed by atoms with van der Waals surface area (Å²) in [4.78, 5) is -0.0223. The van der Waals surface area contributed by atoms with Crippen molar-refractivity contribution in [3.8, 4) is 17.9 Å². The number of anilines is 1. The van der Waals surface area contributed by atoms with Crippen LogP contribution in [0.5, 0.6) is 0 Å². The van der Waals surface area contributed by atoms with Crippen molar-refractivity contribution in [1.29, 1.82) is 5.26 Å². The van der Waals surface area contributed by atoms with Gasteiger partial charge < -0.3 is 5.73 Å². The molecule has 0 aliphatic rings. The van der Waals surface area contributed by atoms with Gasteiger partial charge in [0.05, 0.1) is 17.3 Å². The molecule has 0 aromatic heterocycles. The highest BCUT2D eigenvalue weighted by Crippen LogP contribution is 2.19.